The van der Waals surface area contributed by atoms with E-state index in [1.807, 2.05) is 32.0 Å². The monoisotopic (exact) mass is 371 g/mol. The Morgan fingerprint density at radius 2 is 2.08 bits per heavy atom. The van der Waals surface area contributed by atoms with Crippen LogP contribution in [0.3, 0.4) is 0 Å². The second-order valence-electron chi connectivity index (χ2n) is 5.88. The number of rotatable bonds is 6. The summed E-state index contributed by atoms with van der Waals surface area (Å²) in [5.74, 6) is 0.960. The number of halogens is 1. The van der Waals surface area contributed by atoms with Crippen LogP contribution in [0.2, 0.25) is 0 Å². The van der Waals surface area contributed by atoms with Gasteiger partial charge in [0, 0.05) is 11.3 Å². The van der Waals surface area contributed by atoms with Crippen molar-refractivity contribution in [3.63, 3.8) is 0 Å². The summed E-state index contributed by atoms with van der Waals surface area (Å²) in [5.41, 5.74) is 3.49. The minimum Gasteiger partial charge on any atom is -0.338 e. The van der Waals surface area contributed by atoms with E-state index in [2.05, 4.69) is 15.5 Å². The van der Waals surface area contributed by atoms with Crippen molar-refractivity contribution in [1.82, 2.24) is 10.1 Å². The molecule has 1 amide bonds. The number of benzene rings is 2. The van der Waals surface area contributed by atoms with Gasteiger partial charge >= 0.3 is 0 Å². The third-order valence-corrected chi connectivity index (χ3v) is 4.59. The van der Waals surface area contributed by atoms with E-state index in [9.17, 15) is 9.18 Å². The van der Waals surface area contributed by atoms with Gasteiger partial charge in [0.15, 0.2) is 0 Å². The maximum Gasteiger partial charge on any atom is 0.236 e. The molecule has 134 valence electrons. The smallest absolute Gasteiger partial charge is 0.236 e. The highest BCUT2D eigenvalue weighted by atomic mass is 32.2. The standard InChI is InChI=1S/C19H18FN3O2S/c1-12-6-7-13(2)16(8-12)21-17(24)10-26-11-18-22-19(23-25-18)14-4-3-5-15(20)9-14/h3-9H,10-11H2,1-2H3,(H,21,24). The predicted octanol–water partition coefficient (Wildman–Crippen LogP) is 4.36. The highest BCUT2D eigenvalue weighted by Gasteiger charge is 2.11. The van der Waals surface area contributed by atoms with Crippen LogP contribution in [0.5, 0.6) is 0 Å². The Kier molecular flexibility index (Phi) is 5.68. The fourth-order valence-corrected chi connectivity index (χ4v) is 3.00. The van der Waals surface area contributed by atoms with E-state index in [0.29, 0.717) is 23.0 Å². The van der Waals surface area contributed by atoms with Crippen LogP contribution in [0, 0.1) is 19.7 Å². The average Bonchev–Trinajstić information content (AvgIpc) is 3.07. The number of hydrogen-bond acceptors (Lipinski definition) is 5. The first kappa shape index (κ1) is 18.1. The number of nitrogens with zero attached hydrogens (tertiary/aromatic N) is 2. The summed E-state index contributed by atoms with van der Waals surface area (Å²) < 4.78 is 18.4. The zero-order chi connectivity index (χ0) is 18.5. The van der Waals surface area contributed by atoms with Gasteiger partial charge in [0.25, 0.3) is 0 Å². The summed E-state index contributed by atoms with van der Waals surface area (Å²) in [6.07, 6.45) is 0. The third-order valence-electron chi connectivity index (χ3n) is 3.68. The molecule has 0 spiro atoms. The Labute approximate surface area is 155 Å². The minimum atomic E-state index is -0.355. The zero-order valence-electron chi connectivity index (χ0n) is 14.5. The van der Waals surface area contributed by atoms with E-state index >= 15 is 0 Å². The van der Waals surface area contributed by atoms with Gasteiger partial charge in [-0.25, -0.2) is 4.39 Å². The van der Waals surface area contributed by atoms with E-state index in [0.717, 1.165) is 16.8 Å². The summed E-state index contributed by atoms with van der Waals surface area (Å²) in [5, 5.41) is 6.75. The SMILES string of the molecule is Cc1ccc(C)c(NC(=O)CSCc2nc(-c3cccc(F)c3)no2)c1. The van der Waals surface area contributed by atoms with Crippen LogP contribution >= 0.6 is 11.8 Å². The van der Waals surface area contributed by atoms with Crippen molar-refractivity contribution < 1.29 is 13.7 Å². The number of anilines is 1. The molecule has 5 nitrogen and oxygen atoms in total. The van der Waals surface area contributed by atoms with E-state index < -0.39 is 0 Å². The maximum atomic E-state index is 13.2. The minimum absolute atomic E-state index is 0.0893. The first-order chi connectivity index (χ1) is 12.5. The fourth-order valence-electron chi connectivity index (χ4n) is 2.35. The second kappa shape index (κ2) is 8.14. The molecule has 0 radical (unpaired) electrons. The fraction of sp³-hybridized carbons (Fsp3) is 0.211. The Balaban J connectivity index is 1.52. The largest absolute Gasteiger partial charge is 0.338 e. The normalized spacial score (nSPS) is 10.7. The van der Waals surface area contributed by atoms with Crippen molar-refractivity contribution in [3.05, 3.63) is 65.3 Å². The molecule has 1 N–H and O–H groups in total. The number of aromatic nitrogens is 2. The van der Waals surface area contributed by atoms with Gasteiger partial charge in [-0.15, -0.1) is 11.8 Å². The quantitative estimate of drug-likeness (QED) is 0.697. The molecular formula is C19H18FN3O2S. The lowest BCUT2D eigenvalue weighted by atomic mass is 10.1. The first-order valence-corrected chi connectivity index (χ1v) is 9.20. The van der Waals surface area contributed by atoms with Crippen molar-refractivity contribution in [2.75, 3.05) is 11.1 Å². The summed E-state index contributed by atoms with van der Waals surface area (Å²) in [6.45, 7) is 3.93. The molecule has 0 bridgehead atoms. The molecule has 0 saturated heterocycles. The predicted molar refractivity (Wildman–Crippen MR) is 100 cm³/mol. The molecule has 0 aliphatic rings. The van der Waals surface area contributed by atoms with Gasteiger partial charge in [0.05, 0.1) is 11.5 Å². The molecule has 7 heteroatoms. The Morgan fingerprint density at radius 1 is 1.23 bits per heavy atom. The molecule has 0 fully saturated rings. The van der Waals surface area contributed by atoms with Crippen LogP contribution < -0.4 is 5.32 Å². The van der Waals surface area contributed by atoms with Crippen molar-refractivity contribution in [3.8, 4) is 11.4 Å². The molecule has 1 heterocycles. The molecular weight excluding hydrogens is 353 g/mol. The number of carbonyl (C=O) groups excluding carboxylic acids is 1. The highest BCUT2D eigenvalue weighted by Crippen LogP contribution is 2.20. The van der Waals surface area contributed by atoms with Gasteiger partial charge in [-0.3, -0.25) is 4.79 Å². The molecule has 26 heavy (non-hydrogen) atoms. The van der Waals surface area contributed by atoms with Gasteiger partial charge in [-0.2, -0.15) is 4.98 Å². The number of hydrogen-bond donors (Lipinski definition) is 1. The summed E-state index contributed by atoms with van der Waals surface area (Å²) in [6, 6.07) is 11.9. The molecule has 0 atom stereocenters. The lowest BCUT2D eigenvalue weighted by Gasteiger charge is -2.08. The van der Waals surface area contributed by atoms with Crippen LogP contribution in [-0.2, 0) is 10.5 Å². The van der Waals surface area contributed by atoms with Gasteiger partial charge in [0.2, 0.25) is 17.6 Å². The van der Waals surface area contributed by atoms with E-state index in [4.69, 9.17) is 4.52 Å². The van der Waals surface area contributed by atoms with Crippen molar-refractivity contribution in [2.45, 2.75) is 19.6 Å². The third kappa shape index (κ3) is 4.70. The lowest BCUT2D eigenvalue weighted by molar-refractivity contribution is -0.113. The molecule has 0 aliphatic carbocycles. The molecule has 0 unspecified atom stereocenters. The molecule has 2 aromatic carbocycles. The molecule has 3 aromatic rings. The zero-order valence-corrected chi connectivity index (χ0v) is 15.3. The molecule has 0 aliphatic heterocycles. The molecule has 0 saturated carbocycles. The number of aryl methyl sites for hydroxylation is 2. The van der Waals surface area contributed by atoms with Crippen LogP contribution in [-0.4, -0.2) is 21.8 Å². The maximum absolute atomic E-state index is 13.2. The summed E-state index contributed by atoms with van der Waals surface area (Å²) >= 11 is 1.37. The van der Waals surface area contributed by atoms with E-state index in [1.165, 1.54) is 23.9 Å². The Bertz CT molecular complexity index is 927. The average molecular weight is 371 g/mol. The second-order valence-corrected chi connectivity index (χ2v) is 6.87. The summed E-state index contributed by atoms with van der Waals surface area (Å²) in [4.78, 5) is 16.3. The van der Waals surface area contributed by atoms with Crippen LogP contribution in [0.4, 0.5) is 10.1 Å². The van der Waals surface area contributed by atoms with Crippen LogP contribution in [0.25, 0.3) is 11.4 Å². The summed E-state index contributed by atoms with van der Waals surface area (Å²) in [7, 11) is 0. The van der Waals surface area contributed by atoms with Gasteiger partial charge in [0.1, 0.15) is 5.82 Å². The molecule has 1 aromatic heterocycles. The van der Waals surface area contributed by atoms with Gasteiger partial charge in [-0.05, 0) is 43.2 Å². The first-order valence-electron chi connectivity index (χ1n) is 8.04. The van der Waals surface area contributed by atoms with Crippen molar-refractivity contribution in [2.24, 2.45) is 0 Å². The Hall–Kier alpha value is -2.67. The van der Waals surface area contributed by atoms with Gasteiger partial charge < -0.3 is 9.84 Å². The van der Waals surface area contributed by atoms with E-state index in [1.54, 1.807) is 12.1 Å². The number of amides is 1. The Morgan fingerprint density at radius 3 is 2.88 bits per heavy atom. The highest BCUT2D eigenvalue weighted by molar-refractivity contribution is 7.99. The number of nitrogens with one attached hydrogen (secondary N) is 1. The van der Waals surface area contributed by atoms with E-state index in [-0.39, 0.29) is 17.5 Å². The van der Waals surface area contributed by atoms with Crippen LogP contribution in [0.15, 0.2) is 47.0 Å². The number of thioether (sulfide) groups is 1. The van der Waals surface area contributed by atoms with Crippen molar-refractivity contribution in [1.29, 1.82) is 0 Å². The number of carbonyl (C=O) groups is 1. The lowest BCUT2D eigenvalue weighted by Crippen LogP contribution is -2.15. The van der Waals surface area contributed by atoms with Crippen LogP contribution in [0.1, 0.15) is 17.0 Å². The topological polar surface area (TPSA) is 68.0 Å². The van der Waals surface area contributed by atoms with Gasteiger partial charge in [-0.1, -0.05) is 29.4 Å². The molecule has 3 rings (SSSR count). The van der Waals surface area contributed by atoms with Crippen molar-refractivity contribution >= 4 is 23.4 Å².